The number of carbonyl (C=O) groups is 2. The van der Waals surface area contributed by atoms with Gasteiger partial charge in [0, 0.05) is 29.6 Å². The van der Waals surface area contributed by atoms with Crippen molar-refractivity contribution in [3.63, 3.8) is 0 Å². The highest BCUT2D eigenvalue weighted by atomic mass is 35.5. The van der Waals surface area contributed by atoms with Crippen molar-refractivity contribution in [1.29, 1.82) is 0 Å². The van der Waals surface area contributed by atoms with Crippen LogP contribution in [0.2, 0.25) is 10.0 Å². The van der Waals surface area contributed by atoms with E-state index in [4.69, 9.17) is 27.9 Å². The molecule has 2 amide bonds. The Bertz CT molecular complexity index is 1690. The number of methoxy groups -OCH3 is 1. The first-order chi connectivity index (χ1) is 21.6. The average Bonchev–Trinajstić information content (AvgIpc) is 3.05. The molecular weight excluding hydrogens is 633 g/mol. The van der Waals surface area contributed by atoms with E-state index in [0.717, 1.165) is 9.87 Å². The van der Waals surface area contributed by atoms with Gasteiger partial charge in [0.05, 0.1) is 17.7 Å². The standard InChI is InChI=1S/C34H35Cl2N3O5S/c1-3-20-37-34(41)31(21-25-10-6-4-7-11-25)38(23-26-14-16-27(35)17-15-26)33(40)24-39(30-22-28(36)18-19-32(30)44-2)45(42,43)29-12-8-5-9-13-29/h4-19,22,31H,3,20-21,23-24H2,1-2H3,(H,37,41)/t31-/m1/s1. The highest BCUT2D eigenvalue weighted by molar-refractivity contribution is 7.92. The minimum absolute atomic E-state index is 0.0226. The SMILES string of the molecule is CCCNC(=O)[C@@H](Cc1ccccc1)N(Cc1ccc(Cl)cc1)C(=O)CN(c1cc(Cl)ccc1OC)S(=O)(=O)c1ccccc1. The number of hydrogen-bond donors (Lipinski definition) is 1. The maximum absolute atomic E-state index is 14.5. The fourth-order valence-electron chi connectivity index (χ4n) is 4.80. The zero-order chi connectivity index (χ0) is 32.4. The third-order valence-corrected chi connectivity index (χ3v) is 9.37. The van der Waals surface area contributed by atoms with Crippen LogP contribution in [0, 0.1) is 0 Å². The number of nitrogens with one attached hydrogen (secondary N) is 1. The van der Waals surface area contributed by atoms with Crippen LogP contribution in [0.5, 0.6) is 5.75 Å². The minimum atomic E-state index is -4.30. The lowest BCUT2D eigenvalue weighted by Gasteiger charge is -2.34. The molecule has 4 rings (SSSR count). The van der Waals surface area contributed by atoms with Crippen LogP contribution in [0.1, 0.15) is 24.5 Å². The third-order valence-electron chi connectivity index (χ3n) is 7.11. The molecule has 0 unspecified atom stereocenters. The number of carbonyl (C=O) groups excluding carboxylic acids is 2. The number of anilines is 1. The third kappa shape index (κ3) is 8.78. The maximum atomic E-state index is 14.5. The molecule has 11 heteroatoms. The molecular formula is C34H35Cl2N3O5S. The lowest BCUT2D eigenvalue weighted by atomic mass is 10.0. The largest absolute Gasteiger partial charge is 0.495 e. The molecule has 0 saturated heterocycles. The molecule has 4 aromatic rings. The molecule has 0 aliphatic rings. The van der Waals surface area contributed by atoms with Gasteiger partial charge in [0.2, 0.25) is 11.8 Å². The molecule has 0 radical (unpaired) electrons. The van der Waals surface area contributed by atoms with Crippen LogP contribution < -0.4 is 14.4 Å². The first kappa shape index (κ1) is 33.8. The smallest absolute Gasteiger partial charge is 0.264 e. The van der Waals surface area contributed by atoms with Gasteiger partial charge in [-0.3, -0.25) is 13.9 Å². The number of halogens is 2. The lowest BCUT2D eigenvalue weighted by Crippen LogP contribution is -2.53. The summed E-state index contributed by atoms with van der Waals surface area (Å²) in [6.45, 7) is 1.75. The topological polar surface area (TPSA) is 96.0 Å². The molecule has 0 aliphatic carbocycles. The minimum Gasteiger partial charge on any atom is -0.495 e. The Morgan fingerprint density at radius 3 is 2.09 bits per heavy atom. The quantitative estimate of drug-likeness (QED) is 0.169. The molecule has 236 valence electrons. The summed E-state index contributed by atoms with van der Waals surface area (Å²) in [7, 11) is -2.89. The average molecular weight is 669 g/mol. The van der Waals surface area contributed by atoms with Crippen LogP contribution in [-0.4, -0.2) is 51.4 Å². The summed E-state index contributed by atoms with van der Waals surface area (Å²) < 4.78 is 34.8. The van der Waals surface area contributed by atoms with E-state index >= 15 is 0 Å². The van der Waals surface area contributed by atoms with Gasteiger partial charge in [-0.2, -0.15) is 0 Å². The number of rotatable bonds is 14. The molecule has 0 bridgehead atoms. The van der Waals surface area contributed by atoms with Crippen molar-refractivity contribution in [2.45, 2.75) is 37.2 Å². The number of ether oxygens (including phenoxy) is 1. The van der Waals surface area contributed by atoms with Gasteiger partial charge in [0.25, 0.3) is 10.0 Å². The summed E-state index contributed by atoms with van der Waals surface area (Å²) in [5.41, 5.74) is 1.64. The van der Waals surface area contributed by atoms with Gasteiger partial charge in [0.1, 0.15) is 18.3 Å². The summed E-state index contributed by atoms with van der Waals surface area (Å²) >= 11 is 12.5. The van der Waals surface area contributed by atoms with Crippen molar-refractivity contribution < 1.29 is 22.7 Å². The van der Waals surface area contributed by atoms with E-state index in [0.29, 0.717) is 23.6 Å². The van der Waals surface area contributed by atoms with Crippen LogP contribution in [0.4, 0.5) is 5.69 Å². The second-order valence-corrected chi connectivity index (χ2v) is 13.0. The Morgan fingerprint density at radius 2 is 1.47 bits per heavy atom. The molecule has 0 saturated carbocycles. The van der Waals surface area contributed by atoms with Gasteiger partial charge in [-0.15, -0.1) is 0 Å². The van der Waals surface area contributed by atoms with Crippen molar-refractivity contribution in [3.8, 4) is 5.75 Å². The van der Waals surface area contributed by atoms with E-state index in [1.807, 2.05) is 37.3 Å². The van der Waals surface area contributed by atoms with E-state index in [1.54, 1.807) is 48.5 Å². The maximum Gasteiger partial charge on any atom is 0.264 e. The Morgan fingerprint density at radius 1 is 0.844 bits per heavy atom. The Hall–Kier alpha value is -4.05. The summed E-state index contributed by atoms with van der Waals surface area (Å²) in [6.07, 6.45) is 0.911. The van der Waals surface area contributed by atoms with Crippen molar-refractivity contribution in [3.05, 3.63) is 124 Å². The molecule has 0 aromatic heterocycles. The monoisotopic (exact) mass is 667 g/mol. The second kappa shape index (κ2) is 15.8. The van der Waals surface area contributed by atoms with Crippen LogP contribution >= 0.6 is 23.2 Å². The van der Waals surface area contributed by atoms with E-state index in [2.05, 4.69) is 5.32 Å². The van der Waals surface area contributed by atoms with Crippen LogP contribution in [0.25, 0.3) is 0 Å². The van der Waals surface area contributed by atoms with Gasteiger partial charge in [-0.1, -0.05) is 90.8 Å². The second-order valence-electron chi connectivity index (χ2n) is 10.3. The number of sulfonamides is 1. The molecule has 4 aromatic carbocycles. The van der Waals surface area contributed by atoms with Gasteiger partial charge in [0.15, 0.2) is 0 Å². The lowest BCUT2D eigenvalue weighted by molar-refractivity contribution is -0.140. The van der Waals surface area contributed by atoms with Gasteiger partial charge in [-0.25, -0.2) is 8.42 Å². The van der Waals surface area contributed by atoms with Crippen molar-refractivity contribution >= 4 is 50.7 Å². The normalized spacial score (nSPS) is 11.8. The highest BCUT2D eigenvalue weighted by Crippen LogP contribution is 2.35. The molecule has 8 nitrogen and oxygen atoms in total. The van der Waals surface area contributed by atoms with Crippen LogP contribution in [-0.2, 0) is 32.6 Å². The summed E-state index contributed by atoms with van der Waals surface area (Å²) in [5.74, 6) is -0.739. The fraction of sp³-hybridized carbons (Fsp3) is 0.235. The molecule has 1 N–H and O–H groups in total. The summed E-state index contributed by atoms with van der Waals surface area (Å²) in [6, 6.07) is 27.7. The number of nitrogens with zero attached hydrogens (tertiary/aromatic N) is 2. The van der Waals surface area contributed by atoms with Gasteiger partial charge < -0.3 is 15.0 Å². The zero-order valence-corrected chi connectivity index (χ0v) is 27.4. The van der Waals surface area contributed by atoms with Crippen LogP contribution in [0.15, 0.2) is 108 Å². The van der Waals surface area contributed by atoms with Gasteiger partial charge in [-0.05, 0) is 60.0 Å². The Labute approximate surface area is 274 Å². The molecule has 45 heavy (non-hydrogen) atoms. The van der Waals surface area contributed by atoms with Crippen molar-refractivity contribution in [1.82, 2.24) is 10.2 Å². The van der Waals surface area contributed by atoms with Gasteiger partial charge >= 0.3 is 0 Å². The number of amides is 2. The first-order valence-corrected chi connectivity index (χ1v) is 16.6. The fourth-order valence-corrected chi connectivity index (χ4v) is 6.53. The predicted molar refractivity (Wildman–Crippen MR) is 178 cm³/mol. The van der Waals surface area contributed by atoms with E-state index < -0.39 is 28.5 Å². The van der Waals surface area contributed by atoms with E-state index in [-0.39, 0.29) is 40.2 Å². The molecule has 0 heterocycles. The number of benzene rings is 4. The number of hydrogen-bond acceptors (Lipinski definition) is 5. The Kier molecular flexibility index (Phi) is 11.9. The first-order valence-electron chi connectivity index (χ1n) is 14.4. The van der Waals surface area contributed by atoms with E-state index in [1.165, 1.54) is 36.3 Å². The van der Waals surface area contributed by atoms with Crippen molar-refractivity contribution in [2.75, 3.05) is 24.5 Å². The Balaban J connectivity index is 1.83. The summed E-state index contributed by atoms with van der Waals surface area (Å²) in [5, 5.41) is 3.70. The molecule has 1 atom stereocenters. The van der Waals surface area contributed by atoms with Crippen molar-refractivity contribution in [2.24, 2.45) is 0 Å². The zero-order valence-electron chi connectivity index (χ0n) is 25.0. The summed E-state index contributed by atoms with van der Waals surface area (Å²) in [4.78, 5) is 29.6. The predicted octanol–water partition coefficient (Wildman–Crippen LogP) is 6.36. The molecule has 0 fully saturated rings. The molecule has 0 spiro atoms. The highest BCUT2D eigenvalue weighted by Gasteiger charge is 2.35. The van der Waals surface area contributed by atoms with Crippen LogP contribution in [0.3, 0.4) is 0 Å². The van der Waals surface area contributed by atoms with E-state index in [9.17, 15) is 18.0 Å². The molecule has 0 aliphatic heterocycles.